The summed E-state index contributed by atoms with van der Waals surface area (Å²) in [6.07, 6.45) is 0. The smallest absolute Gasteiger partial charge is 0.319 e. The molecule has 1 aromatic carbocycles. The van der Waals surface area contributed by atoms with Gasteiger partial charge < -0.3 is 15.7 Å². The van der Waals surface area contributed by atoms with Crippen LogP contribution in [0.1, 0.15) is 13.8 Å². The summed E-state index contributed by atoms with van der Waals surface area (Å²) in [7, 11) is 0. The number of rotatable bonds is 3. The Morgan fingerprint density at radius 2 is 2.06 bits per heavy atom. The number of benzene rings is 1. The third kappa shape index (κ3) is 4.78. The molecule has 0 atom stereocenters. The second-order valence-corrected chi connectivity index (χ2v) is 4.24. The maximum Gasteiger partial charge on any atom is 0.319 e. The van der Waals surface area contributed by atoms with E-state index in [1.165, 1.54) is 13.8 Å². The van der Waals surface area contributed by atoms with Crippen LogP contribution in [-0.2, 0) is 0 Å². The minimum Gasteiger partial charge on any atom is -0.389 e. The number of hydrogen-bond acceptors (Lipinski definition) is 2. The quantitative estimate of drug-likeness (QED) is 0.760. The van der Waals surface area contributed by atoms with E-state index in [4.69, 9.17) is 0 Å². The first-order chi connectivity index (χ1) is 7.78. The van der Waals surface area contributed by atoms with E-state index in [0.717, 1.165) is 12.1 Å². The summed E-state index contributed by atoms with van der Waals surface area (Å²) in [6.45, 7) is 3.05. The normalized spacial score (nSPS) is 11.1. The van der Waals surface area contributed by atoms with Crippen LogP contribution in [0.4, 0.5) is 19.3 Å². The van der Waals surface area contributed by atoms with Crippen molar-refractivity contribution in [2.75, 3.05) is 11.9 Å². The van der Waals surface area contributed by atoms with Gasteiger partial charge in [0.1, 0.15) is 11.6 Å². The van der Waals surface area contributed by atoms with Gasteiger partial charge in [0.15, 0.2) is 0 Å². The van der Waals surface area contributed by atoms with Gasteiger partial charge in [-0.2, -0.15) is 0 Å². The highest BCUT2D eigenvalue weighted by Gasteiger charge is 2.14. The molecule has 94 valence electrons. The maximum atomic E-state index is 13.2. The van der Waals surface area contributed by atoms with Crippen molar-refractivity contribution in [3.05, 3.63) is 29.8 Å². The van der Waals surface area contributed by atoms with Crippen LogP contribution in [0.25, 0.3) is 0 Å². The van der Waals surface area contributed by atoms with Crippen molar-refractivity contribution in [1.29, 1.82) is 0 Å². The third-order valence-electron chi connectivity index (χ3n) is 1.86. The van der Waals surface area contributed by atoms with Gasteiger partial charge >= 0.3 is 6.03 Å². The number of carbonyl (C=O) groups is 1. The molecule has 0 saturated carbocycles. The molecule has 0 aliphatic rings. The third-order valence-corrected chi connectivity index (χ3v) is 1.86. The van der Waals surface area contributed by atoms with E-state index in [-0.39, 0.29) is 12.2 Å². The fourth-order valence-corrected chi connectivity index (χ4v) is 1.05. The molecule has 0 bridgehead atoms. The fraction of sp³-hybridized carbons (Fsp3) is 0.364. The Labute approximate surface area is 97.6 Å². The van der Waals surface area contributed by atoms with Crippen LogP contribution in [0, 0.1) is 11.6 Å². The predicted octanol–water partition coefficient (Wildman–Crippen LogP) is 1.86. The van der Waals surface area contributed by atoms with Gasteiger partial charge in [-0.15, -0.1) is 0 Å². The molecule has 0 aliphatic heterocycles. The molecule has 0 radical (unpaired) electrons. The van der Waals surface area contributed by atoms with Crippen LogP contribution in [0.2, 0.25) is 0 Å². The second-order valence-electron chi connectivity index (χ2n) is 4.24. The molecule has 2 amide bonds. The number of aliphatic hydroxyl groups is 1. The highest BCUT2D eigenvalue weighted by molar-refractivity contribution is 5.89. The Morgan fingerprint density at radius 3 is 2.59 bits per heavy atom. The summed E-state index contributed by atoms with van der Waals surface area (Å²) >= 11 is 0. The van der Waals surface area contributed by atoms with Crippen LogP contribution >= 0.6 is 0 Å². The zero-order chi connectivity index (χ0) is 13.1. The minimum atomic E-state index is -1.06. The van der Waals surface area contributed by atoms with Crippen molar-refractivity contribution in [3.8, 4) is 0 Å². The first kappa shape index (κ1) is 13.4. The van der Waals surface area contributed by atoms with Crippen LogP contribution in [0.15, 0.2) is 18.2 Å². The lowest BCUT2D eigenvalue weighted by Gasteiger charge is -2.17. The number of halogens is 2. The van der Waals surface area contributed by atoms with Gasteiger partial charge in [-0.1, -0.05) is 0 Å². The predicted molar refractivity (Wildman–Crippen MR) is 59.7 cm³/mol. The average Bonchev–Trinajstić information content (AvgIpc) is 2.18. The Kier molecular flexibility index (Phi) is 4.01. The molecular formula is C11H14F2N2O2. The average molecular weight is 244 g/mol. The SMILES string of the molecule is CC(C)(O)CNC(=O)Nc1ccc(F)cc1F. The molecular weight excluding hydrogens is 230 g/mol. The van der Waals surface area contributed by atoms with Crippen LogP contribution < -0.4 is 10.6 Å². The van der Waals surface area contributed by atoms with Gasteiger partial charge in [0, 0.05) is 12.6 Å². The zero-order valence-corrected chi connectivity index (χ0v) is 9.55. The van der Waals surface area contributed by atoms with Crippen LogP contribution in [0.5, 0.6) is 0 Å². The Balaban J connectivity index is 2.57. The van der Waals surface area contributed by atoms with E-state index in [1.54, 1.807) is 0 Å². The van der Waals surface area contributed by atoms with E-state index in [2.05, 4.69) is 10.6 Å². The van der Waals surface area contributed by atoms with E-state index in [1.807, 2.05) is 0 Å². The summed E-state index contributed by atoms with van der Waals surface area (Å²) in [5, 5.41) is 13.9. The molecule has 1 rings (SSSR count). The van der Waals surface area contributed by atoms with E-state index >= 15 is 0 Å². The van der Waals surface area contributed by atoms with Crippen molar-refractivity contribution < 1.29 is 18.7 Å². The molecule has 1 aromatic rings. The first-order valence-corrected chi connectivity index (χ1v) is 5.00. The monoisotopic (exact) mass is 244 g/mol. The lowest BCUT2D eigenvalue weighted by molar-refractivity contribution is 0.0826. The number of carbonyl (C=O) groups excluding carboxylic acids is 1. The minimum absolute atomic E-state index is 0.0155. The molecule has 0 aromatic heterocycles. The molecule has 3 N–H and O–H groups in total. The highest BCUT2D eigenvalue weighted by atomic mass is 19.1. The molecule has 17 heavy (non-hydrogen) atoms. The molecule has 6 heteroatoms. The number of hydrogen-bond donors (Lipinski definition) is 3. The number of anilines is 1. The number of urea groups is 1. The second kappa shape index (κ2) is 5.09. The molecule has 0 spiro atoms. The topological polar surface area (TPSA) is 61.4 Å². The first-order valence-electron chi connectivity index (χ1n) is 5.00. The summed E-state index contributed by atoms with van der Waals surface area (Å²) in [6, 6.07) is 2.16. The van der Waals surface area contributed by atoms with Crippen molar-refractivity contribution in [2.24, 2.45) is 0 Å². The van der Waals surface area contributed by atoms with Crippen molar-refractivity contribution in [3.63, 3.8) is 0 Å². The van der Waals surface area contributed by atoms with Crippen LogP contribution in [-0.4, -0.2) is 23.3 Å². The summed E-state index contributed by atoms with van der Waals surface area (Å²) in [4.78, 5) is 11.3. The molecule has 0 fully saturated rings. The maximum absolute atomic E-state index is 13.2. The van der Waals surface area contributed by atoms with Gasteiger partial charge in [0.05, 0.1) is 11.3 Å². The van der Waals surface area contributed by atoms with Crippen molar-refractivity contribution in [2.45, 2.75) is 19.4 Å². The molecule has 4 nitrogen and oxygen atoms in total. The molecule has 0 aliphatic carbocycles. The standard InChI is InChI=1S/C11H14F2N2O2/c1-11(2,17)6-14-10(16)15-9-4-3-7(12)5-8(9)13/h3-5,17H,6H2,1-2H3,(H2,14,15,16). The van der Waals surface area contributed by atoms with Crippen molar-refractivity contribution in [1.82, 2.24) is 5.32 Å². The van der Waals surface area contributed by atoms with Gasteiger partial charge in [-0.3, -0.25) is 0 Å². The van der Waals surface area contributed by atoms with Crippen molar-refractivity contribution >= 4 is 11.7 Å². The van der Waals surface area contributed by atoms with Crippen LogP contribution in [0.3, 0.4) is 0 Å². The van der Waals surface area contributed by atoms with E-state index < -0.39 is 23.3 Å². The fourth-order valence-electron chi connectivity index (χ4n) is 1.05. The number of nitrogens with one attached hydrogen (secondary N) is 2. The van der Waals surface area contributed by atoms with E-state index in [9.17, 15) is 18.7 Å². The molecule has 0 saturated heterocycles. The van der Waals surface area contributed by atoms with E-state index in [0.29, 0.717) is 6.07 Å². The zero-order valence-electron chi connectivity index (χ0n) is 9.55. The summed E-state index contributed by atoms with van der Waals surface area (Å²) in [5.74, 6) is -1.58. The Hall–Kier alpha value is -1.69. The van der Waals surface area contributed by atoms with Gasteiger partial charge in [0.2, 0.25) is 0 Å². The lowest BCUT2D eigenvalue weighted by atomic mass is 10.1. The van der Waals surface area contributed by atoms with Gasteiger partial charge in [-0.05, 0) is 26.0 Å². The van der Waals surface area contributed by atoms with Gasteiger partial charge in [-0.25, -0.2) is 13.6 Å². The summed E-state index contributed by atoms with van der Waals surface area (Å²) in [5.41, 5.74) is -1.18. The van der Waals surface area contributed by atoms with Gasteiger partial charge in [0.25, 0.3) is 0 Å². The molecule has 0 heterocycles. The largest absolute Gasteiger partial charge is 0.389 e. The Morgan fingerprint density at radius 1 is 1.41 bits per heavy atom. The molecule has 0 unspecified atom stereocenters. The lowest BCUT2D eigenvalue weighted by Crippen LogP contribution is -2.40. The highest BCUT2D eigenvalue weighted by Crippen LogP contribution is 2.14. The number of amides is 2. The summed E-state index contributed by atoms with van der Waals surface area (Å²) < 4.78 is 25.7. The Bertz CT molecular complexity index is 416.